The molecule has 0 saturated carbocycles. The Morgan fingerprint density at radius 3 is 2.58 bits per heavy atom. The van der Waals surface area contributed by atoms with Gasteiger partial charge in [-0.05, 0) is 19.8 Å². The summed E-state index contributed by atoms with van der Waals surface area (Å²) in [4.78, 5) is 0. The average molecular weight is 170 g/mol. The van der Waals surface area contributed by atoms with E-state index >= 15 is 0 Å². The fourth-order valence-electron chi connectivity index (χ4n) is 1.04. The van der Waals surface area contributed by atoms with Crippen molar-refractivity contribution in [2.45, 2.75) is 38.7 Å². The summed E-state index contributed by atoms with van der Waals surface area (Å²) in [6, 6.07) is 0. The summed E-state index contributed by atoms with van der Waals surface area (Å²) in [5, 5.41) is 9.85. The van der Waals surface area contributed by atoms with Gasteiger partial charge in [-0.1, -0.05) is 6.92 Å². The molecule has 1 unspecified atom stereocenters. The zero-order chi connectivity index (χ0) is 9.45. The molecule has 0 fully saturated rings. The topological polar surface area (TPSA) is 29.5 Å². The van der Waals surface area contributed by atoms with Gasteiger partial charge in [0, 0.05) is 13.5 Å². The molecule has 0 aliphatic rings. The Morgan fingerprint density at radius 1 is 1.50 bits per heavy atom. The number of hydrogen-bond donors (Lipinski definition) is 1. The van der Waals surface area contributed by atoms with Crippen molar-refractivity contribution in [2.75, 3.05) is 13.7 Å². The second-order valence-electron chi connectivity index (χ2n) is 2.94. The maximum absolute atomic E-state index is 9.85. The molecule has 0 aromatic carbocycles. The van der Waals surface area contributed by atoms with E-state index in [-0.39, 0.29) is 0 Å². The summed E-state index contributed by atoms with van der Waals surface area (Å²) in [6.07, 6.45) is 2.15. The molecule has 70 valence electrons. The van der Waals surface area contributed by atoms with E-state index in [1.54, 1.807) is 14.0 Å². The van der Waals surface area contributed by atoms with E-state index in [2.05, 4.69) is 11.8 Å². The Bertz CT molecular complexity index is 166. The fraction of sp³-hybridized carbons (Fsp3) is 0.800. The van der Waals surface area contributed by atoms with Crippen LogP contribution in [0.3, 0.4) is 0 Å². The van der Waals surface area contributed by atoms with Crippen LogP contribution in [0, 0.1) is 11.8 Å². The van der Waals surface area contributed by atoms with Crippen LogP contribution in [-0.2, 0) is 4.74 Å². The molecule has 2 heteroatoms. The monoisotopic (exact) mass is 170 g/mol. The van der Waals surface area contributed by atoms with Gasteiger partial charge in [0.15, 0.2) is 0 Å². The van der Waals surface area contributed by atoms with E-state index in [1.807, 2.05) is 6.92 Å². The van der Waals surface area contributed by atoms with Crippen molar-refractivity contribution >= 4 is 0 Å². The van der Waals surface area contributed by atoms with Crippen LogP contribution >= 0.6 is 0 Å². The highest BCUT2D eigenvalue weighted by atomic mass is 16.5. The van der Waals surface area contributed by atoms with Crippen LogP contribution in [-0.4, -0.2) is 24.4 Å². The zero-order valence-electron chi connectivity index (χ0n) is 8.18. The lowest BCUT2D eigenvalue weighted by atomic mass is 9.96. The van der Waals surface area contributed by atoms with Gasteiger partial charge in [-0.25, -0.2) is 0 Å². The Balaban J connectivity index is 3.83. The molecule has 0 aliphatic heterocycles. The highest BCUT2D eigenvalue weighted by Gasteiger charge is 2.23. The second-order valence-corrected chi connectivity index (χ2v) is 2.94. The molecule has 0 amide bonds. The van der Waals surface area contributed by atoms with Gasteiger partial charge in [-0.3, -0.25) is 0 Å². The van der Waals surface area contributed by atoms with E-state index in [0.29, 0.717) is 19.4 Å². The minimum absolute atomic E-state index is 0.398. The Kier molecular flexibility index (Phi) is 5.79. The third-order valence-electron chi connectivity index (χ3n) is 1.96. The first-order valence-electron chi connectivity index (χ1n) is 4.29. The third kappa shape index (κ3) is 4.38. The molecule has 0 aromatic rings. The summed E-state index contributed by atoms with van der Waals surface area (Å²) in [7, 11) is 1.60. The van der Waals surface area contributed by atoms with Crippen molar-refractivity contribution in [3.63, 3.8) is 0 Å². The van der Waals surface area contributed by atoms with Crippen LogP contribution in [0.15, 0.2) is 0 Å². The lowest BCUT2D eigenvalue weighted by Gasteiger charge is -2.24. The van der Waals surface area contributed by atoms with Crippen LogP contribution in [0.1, 0.15) is 33.1 Å². The zero-order valence-corrected chi connectivity index (χ0v) is 8.18. The van der Waals surface area contributed by atoms with Crippen LogP contribution < -0.4 is 0 Å². The molecule has 2 nitrogen and oxygen atoms in total. The minimum atomic E-state index is -0.682. The maximum atomic E-state index is 9.85. The van der Waals surface area contributed by atoms with Crippen molar-refractivity contribution in [2.24, 2.45) is 0 Å². The SMILES string of the molecule is CC#CCCC(O)(CC)COC. The minimum Gasteiger partial charge on any atom is -0.387 e. The molecule has 1 atom stereocenters. The summed E-state index contributed by atoms with van der Waals surface area (Å²) in [5.74, 6) is 5.74. The van der Waals surface area contributed by atoms with Crippen molar-refractivity contribution < 1.29 is 9.84 Å². The number of rotatable bonds is 5. The van der Waals surface area contributed by atoms with Gasteiger partial charge in [0.05, 0.1) is 12.2 Å². The largest absolute Gasteiger partial charge is 0.387 e. The van der Waals surface area contributed by atoms with Gasteiger partial charge >= 0.3 is 0 Å². The fourth-order valence-corrected chi connectivity index (χ4v) is 1.04. The van der Waals surface area contributed by atoms with Crippen molar-refractivity contribution in [1.29, 1.82) is 0 Å². The van der Waals surface area contributed by atoms with Crippen LogP contribution in [0.2, 0.25) is 0 Å². The molecule has 0 aliphatic carbocycles. The standard InChI is InChI=1S/C10H18O2/c1-4-6-7-8-10(11,5-2)9-12-3/h11H,5,7-9H2,1-3H3. The Morgan fingerprint density at radius 2 is 2.17 bits per heavy atom. The van der Waals surface area contributed by atoms with Crippen molar-refractivity contribution in [3.05, 3.63) is 0 Å². The molecule has 0 rings (SSSR count). The second kappa shape index (κ2) is 6.05. The lowest BCUT2D eigenvalue weighted by molar-refractivity contribution is -0.0386. The van der Waals surface area contributed by atoms with Gasteiger partial charge in [-0.2, -0.15) is 0 Å². The molecule has 0 aromatic heterocycles. The predicted octanol–water partition coefficient (Wildman–Crippen LogP) is 1.58. The highest BCUT2D eigenvalue weighted by molar-refractivity contribution is 4.96. The quantitative estimate of drug-likeness (QED) is 0.635. The molecule has 0 spiro atoms. The summed E-state index contributed by atoms with van der Waals surface area (Å²) < 4.78 is 4.93. The van der Waals surface area contributed by atoms with Crippen LogP contribution in [0.4, 0.5) is 0 Å². The molecule has 1 N–H and O–H groups in total. The molecule has 0 bridgehead atoms. The number of hydrogen-bond acceptors (Lipinski definition) is 2. The first-order chi connectivity index (χ1) is 5.68. The summed E-state index contributed by atoms with van der Waals surface area (Å²) in [5.41, 5.74) is -0.682. The van der Waals surface area contributed by atoms with Gasteiger partial charge < -0.3 is 9.84 Å². The van der Waals surface area contributed by atoms with Gasteiger partial charge in [0.2, 0.25) is 0 Å². The van der Waals surface area contributed by atoms with Crippen LogP contribution in [0.25, 0.3) is 0 Å². The van der Waals surface area contributed by atoms with E-state index < -0.39 is 5.60 Å². The summed E-state index contributed by atoms with van der Waals surface area (Å²) >= 11 is 0. The maximum Gasteiger partial charge on any atom is 0.0886 e. The molecule has 12 heavy (non-hydrogen) atoms. The van der Waals surface area contributed by atoms with Crippen LogP contribution in [0.5, 0.6) is 0 Å². The van der Waals surface area contributed by atoms with E-state index in [4.69, 9.17) is 4.74 Å². The number of aliphatic hydroxyl groups is 1. The lowest BCUT2D eigenvalue weighted by Crippen LogP contribution is -2.33. The Hall–Kier alpha value is -0.520. The van der Waals surface area contributed by atoms with Crippen molar-refractivity contribution in [3.8, 4) is 11.8 Å². The third-order valence-corrected chi connectivity index (χ3v) is 1.96. The normalized spacial score (nSPS) is 14.7. The van der Waals surface area contributed by atoms with E-state index in [1.165, 1.54) is 0 Å². The molecule has 0 saturated heterocycles. The first-order valence-corrected chi connectivity index (χ1v) is 4.29. The molecule has 0 radical (unpaired) electrons. The average Bonchev–Trinajstić information content (AvgIpc) is 2.06. The van der Waals surface area contributed by atoms with Gasteiger partial charge in [0.1, 0.15) is 0 Å². The summed E-state index contributed by atoms with van der Waals surface area (Å²) in [6.45, 7) is 4.16. The number of methoxy groups -OCH3 is 1. The molecular formula is C10H18O2. The van der Waals surface area contributed by atoms with E-state index in [9.17, 15) is 5.11 Å². The smallest absolute Gasteiger partial charge is 0.0886 e. The van der Waals surface area contributed by atoms with Gasteiger partial charge in [0.25, 0.3) is 0 Å². The van der Waals surface area contributed by atoms with Gasteiger partial charge in [-0.15, -0.1) is 11.8 Å². The molecular weight excluding hydrogens is 152 g/mol. The molecule has 0 heterocycles. The Labute approximate surface area is 74.9 Å². The number of ether oxygens (including phenoxy) is 1. The predicted molar refractivity (Wildman–Crippen MR) is 49.8 cm³/mol. The van der Waals surface area contributed by atoms with Crippen molar-refractivity contribution in [1.82, 2.24) is 0 Å². The first kappa shape index (κ1) is 11.5. The van der Waals surface area contributed by atoms with E-state index in [0.717, 1.165) is 6.42 Å². The highest BCUT2D eigenvalue weighted by Crippen LogP contribution is 2.16.